The van der Waals surface area contributed by atoms with Crippen LogP contribution in [-0.4, -0.2) is 23.3 Å². The predicted octanol–water partition coefficient (Wildman–Crippen LogP) is 5.19. The first-order valence-corrected chi connectivity index (χ1v) is 9.30. The number of thioether (sulfide) groups is 1. The molecule has 1 amide bonds. The molecule has 8 heteroatoms. The van der Waals surface area contributed by atoms with Crippen molar-refractivity contribution in [1.82, 2.24) is 0 Å². The lowest BCUT2D eigenvalue weighted by atomic mass is 10.2. The largest absolute Gasteiger partial charge is 0.465 e. The third-order valence-corrected chi connectivity index (χ3v) is 5.62. The fraction of sp³-hybridized carbons (Fsp3) is 0.0556. The van der Waals surface area contributed by atoms with Crippen LogP contribution in [0.4, 0.5) is 5.69 Å². The highest BCUT2D eigenvalue weighted by Crippen LogP contribution is 2.36. The molecule has 2 aromatic rings. The molecular weight excluding hydrogens is 413 g/mol. The average molecular weight is 424 g/mol. The predicted molar refractivity (Wildman–Crippen MR) is 110 cm³/mol. The van der Waals surface area contributed by atoms with Crippen molar-refractivity contribution in [3.05, 3.63) is 68.5 Å². The lowest BCUT2D eigenvalue weighted by Gasteiger charge is -2.14. The number of methoxy groups -OCH3 is 1. The van der Waals surface area contributed by atoms with Crippen molar-refractivity contribution in [2.75, 3.05) is 12.0 Å². The van der Waals surface area contributed by atoms with E-state index in [2.05, 4.69) is 4.74 Å². The van der Waals surface area contributed by atoms with E-state index in [9.17, 15) is 9.59 Å². The van der Waals surface area contributed by atoms with Crippen LogP contribution >= 0.6 is 47.2 Å². The van der Waals surface area contributed by atoms with Gasteiger partial charge in [0.15, 0.2) is 4.32 Å². The lowest BCUT2D eigenvalue weighted by molar-refractivity contribution is -0.113. The van der Waals surface area contributed by atoms with Gasteiger partial charge in [-0.25, -0.2) is 4.79 Å². The number of carbonyl (C=O) groups is 2. The first-order chi connectivity index (χ1) is 12.4. The molecule has 26 heavy (non-hydrogen) atoms. The molecule has 1 saturated heterocycles. The second-order valence-corrected chi connectivity index (χ2v) is 7.72. The number of hydrogen-bond donors (Lipinski definition) is 0. The first-order valence-electron chi connectivity index (χ1n) is 7.32. The molecule has 0 aliphatic carbocycles. The van der Waals surface area contributed by atoms with Crippen molar-refractivity contribution in [1.29, 1.82) is 0 Å². The van der Waals surface area contributed by atoms with E-state index in [0.717, 1.165) is 5.56 Å². The molecule has 0 N–H and O–H groups in total. The number of rotatable bonds is 3. The third-order valence-electron chi connectivity index (χ3n) is 3.58. The lowest BCUT2D eigenvalue weighted by Crippen LogP contribution is -2.27. The van der Waals surface area contributed by atoms with E-state index < -0.39 is 5.97 Å². The van der Waals surface area contributed by atoms with Crippen LogP contribution < -0.4 is 4.90 Å². The molecule has 0 atom stereocenters. The summed E-state index contributed by atoms with van der Waals surface area (Å²) in [5, 5.41) is 0.858. The molecule has 1 aliphatic rings. The molecule has 132 valence electrons. The van der Waals surface area contributed by atoms with E-state index >= 15 is 0 Å². The van der Waals surface area contributed by atoms with Gasteiger partial charge in [0.1, 0.15) is 0 Å². The summed E-state index contributed by atoms with van der Waals surface area (Å²) in [6.45, 7) is 0. The Balaban J connectivity index is 1.88. The van der Waals surface area contributed by atoms with Gasteiger partial charge in [-0.2, -0.15) is 0 Å². The average Bonchev–Trinajstić information content (AvgIpc) is 2.91. The fourth-order valence-corrected chi connectivity index (χ4v) is 3.91. The summed E-state index contributed by atoms with van der Waals surface area (Å²) in [6, 6.07) is 11.6. The van der Waals surface area contributed by atoms with Crippen molar-refractivity contribution in [3.63, 3.8) is 0 Å². The summed E-state index contributed by atoms with van der Waals surface area (Å²) in [5.41, 5.74) is 1.73. The van der Waals surface area contributed by atoms with E-state index in [0.29, 0.717) is 30.5 Å². The smallest absolute Gasteiger partial charge is 0.337 e. The molecule has 4 nitrogen and oxygen atoms in total. The highest BCUT2D eigenvalue weighted by molar-refractivity contribution is 8.27. The molecule has 0 saturated carbocycles. The molecule has 0 aromatic heterocycles. The Morgan fingerprint density at radius 2 is 1.85 bits per heavy atom. The van der Waals surface area contributed by atoms with Crippen LogP contribution in [0.15, 0.2) is 47.4 Å². The van der Waals surface area contributed by atoms with Gasteiger partial charge in [0.25, 0.3) is 5.91 Å². The number of nitrogens with zero attached hydrogens (tertiary/aromatic N) is 1. The van der Waals surface area contributed by atoms with Gasteiger partial charge in [0.2, 0.25) is 0 Å². The molecule has 3 rings (SSSR count). The van der Waals surface area contributed by atoms with Crippen LogP contribution in [-0.2, 0) is 9.53 Å². The molecule has 1 aliphatic heterocycles. The second-order valence-electron chi connectivity index (χ2n) is 5.23. The van der Waals surface area contributed by atoms with Gasteiger partial charge < -0.3 is 4.74 Å². The Kier molecular flexibility index (Phi) is 5.67. The zero-order valence-corrected chi connectivity index (χ0v) is 16.5. The molecule has 0 bridgehead atoms. The van der Waals surface area contributed by atoms with Crippen molar-refractivity contribution in [2.24, 2.45) is 0 Å². The number of thiocarbonyl (C=S) groups is 1. The summed E-state index contributed by atoms with van der Waals surface area (Å²) < 4.78 is 5.08. The molecule has 0 unspecified atom stereocenters. The quantitative estimate of drug-likeness (QED) is 0.386. The summed E-state index contributed by atoms with van der Waals surface area (Å²) in [7, 11) is 1.31. The minimum Gasteiger partial charge on any atom is -0.465 e. The molecule has 1 fully saturated rings. The van der Waals surface area contributed by atoms with Gasteiger partial charge in [-0.1, -0.05) is 53.2 Å². The van der Waals surface area contributed by atoms with Crippen LogP contribution in [0.25, 0.3) is 6.08 Å². The Labute approximate surface area is 169 Å². The molecular formula is C18H11Cl2NO3S2. The molecule has 0 spiro atoms. The number of carbonyl (C=O) groups excluding carboxylic acids is 2. The van der Waals surface area contributed by atoms with E-state index in [-0.39, 0.29) is 5.91 Å². The summed E-state index contributed by atoms with van der Waals surface area (Å²) in [5.74, 6) is -0.682. The normalized spacial score (nSPS) is 15.7. The maximum absolute atomic E-state index is 12.7. The number of hydrogen-bond acceptors (Lipinski definition) is 5. The topological polar surface area (TPSA) is 46.6 Å². The van der Waals surface area contributed by atoms with Crippen LogP contribution in [0.2, 0.25) is 10.0 Å². The van der Waals surface area contributed by atoms with Crippen molar-refractivity contribution in [3.8, 4) is 0 Å². The Morgan fingerprint density at radius 3 is 2.46 bits per heavy atom. The zero-order chi connectivity index (χ0) is 18.8. The summed E-state index contributed by atoms with van der Waals surface area (Å²) in [6.07, 6.45) is 1.71. The maximum Gasteiger partial charge on any atom is 0.337 e. The number of amides is 1. The monoisotopic (exact) mass is 423 g/mol. The molecule has 0 radical (unpaired) electrons. The summed E-state index contributed by atoms with van der Waals surface area (Å²) in [4.78, 5) is 26.2. The Bertz CT molecular complexity index is 942. The SMILES string of the molecule is COC(=O)c1ccc(N2C(=O)/C(=C/c3ccc(Cl)c(Cl)c3)SC2=S)cc1. The molecule has 1 heterocycles. The number of anilines is 1. The van der Waals surface area contributed by atoms with Crippen LogP contribution in [0.1, 0.15) is 15.9 Å². The van der Waals surface area contributed by atoms with Crippen LogP contribution in [0, 0.1) is 0 Å². The van der Waals surface area contributed by atoms with Crippen LogP contribution in [0.3, 0.4) is 0 Å². The standard InChI is InChI=1S/C18H11Cl2NO3S2/c1-24-17(23)11-3-5-12(6-4-11)21-16(22)15(26-18(21)25)9-10-2-7-13(19)14(20)8-10/h2-9H,1H3/b15-9-. The van der Waals surface area contributed by atoms with Gasteiger partial charge in [-0.15, -0.1) is 0 Å². The van der Waals surface area contributed by atoms with Gasteiger partial charge in [-0.3, -0.25) is 9.69 Å². The van der Waals surface area contributed by atoms with Gasteiger partial charge in [0, 0.05) is 0 Å². The van der Waals surface area contributed by atoms with Crippen molar-refractivity contribution < 1.29 is 14.3 Å². The summed E-state index contributed by atoms with van der Waals surface area (Å²) >= 11 is 18.5. The van der Waals surface area contributed by atoms with Gasteiger partial charge >= 0.3 is 5.97 Å². The van der Waals surface area contributed by atoms with E-state index in [1.807, 2.05) is 0 Å². The minimum absolute atomic E-state index is 0.239. The third kappa shape index (κ3) is 3.78. The molecule has 2 aromatic carbocycles. The Morgan fingerprint density at radius 1 is 1.15 bits per heavy atom. The van der Waals surface area contributed by atoms with Crippen molar-refractivity contribution >= 4 is 75.1 Å². The second kappa shape index (κ2) is 7.80. The van der Waals surface area contributed by atoms with E-state index in [1.54, 1.807) is 48.5 Å². The highest BCUT2D eigenvalue weighted by atomic mass is 35.5. The van der Waals surface area contributed by atoms with E-state index in [4.69, 9.17) is 35.4 Å². The van der Waals surface area contributed by atoms with Crippen molar-refractivity contribution in [2.45, 2.75) is 0 Å². The van der Waals surface area contributed by atoms with Gasteiger partial charge in [-0.05, 0) is 48.0 Å². The highest BCUT2D eigenvalue weighted by Gasteiger charge is 2.33. The fourth-order valence-electron chi connectivity index (χ4n) is 2.31. The van der Waals surface area contributed by atoms with E-state index in [1.165, 1.54) is 23.8 Å². The number of ether oxygens (including phenoxy) is 1. The van der Waals surface area contributed by atoms with Crippen LogP contribution in [0.5, 0.6) is 0 Å². The number of benzene rings is 2. The Hall–Kier alpha value is -1.86. The minimum atomic E-state index is -0.443. The maximum atomic E-state index is 12.7. The number of halogens is 2. The van der Waals surface area contributed by atoms with Gasteiger partial charge in [0.05, 0.1) is 33.3 Å². The zero-order valence-electron chi connectivity index (χ0n) is 13.4. The first kappa shape index (κ1) is 18.9. The number of esters is 1.